The summed E-state index contributed by atoms with van der Waals surface area (Å²) in [4.78, 5) is 18.0. The second kappa shape index (κ2) is 4.90. The Labute approximate surface area is 118 Å². The number of urea groups is 1. The minimum atomic E-state index is -0.565. The standard InChI is InChI=1S/C15H19N3O2/c1-20-10-9-18-14(19)17-13(16)15(18)8-4-6-11-5-2-3-7-12(11)15/h2-3,5,7H,4,6,8-10H2,1H3,(H2,16,17,19). The monoisotopic (exact) mass is 273 g/mol. The Morgan fingerprint density at radius 2 is 2.25 bits per heavy atom. The van der Waals surface area contributed by atoms with Crippen LogP contribution in [0.5, 0.6) is 0 Å². The number of aliphatic imine (C=N–C) groups is 1. The van der Waals surface area contributed by atoms with Gasteiger partial charge in [0.25, 0.3) is 0 Å². The molecule has 1 atom stereocenters. The summed E-state index contributed by atoms with van der Waals surface area (Å²) >= 11 is 0. The van der Waals surface area contributed by atoms with Crippen LogP contribution in [0.4, 0.5) is 4.79 Å². The highest BCUT2D eigenvalue weighted by Crippen LogP contribution is 2.43. The van der Waals surface area contributed by atoms with Gasteiger partial charge in [0.15, 0.2) is 0 Å². The number of amides is 2. The molecule has 1 aromatic rings. The number of aryl methyl sites for hydroxylation is 1. The number of hydrogen-bond acceptors (Lipinski definition) is 3. The highest BCUT2D eigenvalue weighted by atomic mass is 16.5. The normalized spacial score (nSPS) is 24.9. The van der Waals surface area contributed by atoms with Gasteiger partial charge in [0, 0.05) is 13.7 Å². The summed E-state index contributed by atoms with van der Waals surface area (Å²) in [5, 5.41) is 0. The van der Waals surface area contributed by atoms with Crippen LogP contribution in [0.3, 0.4) is 0 Å². The second-order valence-corrected chi connectivity index (χ2v) is 5.30. The van der Waals surface area contributed by atoms with Gasteiger partial charge in [-0.25, -0.2) is 4.79 Å². The number of amidine groups is 1. The second-order valence-electron chi connectivity index (χ2n) is 5.30. The molecule has 2 aliphatic rings. The zero-order valence-corrected chi connectivity index (χ0v) is 11.6. The van der Waals surface area contributed by atoms with Crippen molar-refractivity contribution in [1.29, 1.82) is 0 Å². The number of carbonyl (C=O) groups is 1. The quantitative estimate of drug-likeness (QED) is 0.910. The lowest BCUT2D eigenvalue weighted by Gasteiger charge is -2.42. The largest absolute Gasteiger partial charge is 0.385 e. The molecule has 1 aliphatic heterocycles. The molecule has 106 valence electrons. The lowest BCUT2D eigenvalue weighted by atomic mass is 9.75. The Kier molecular flexibility index (Phi) is 3.22. The lowest BCUT2D eigenvalue weighted by molar-refractivity contribution is 0.114. The zero-order chi connectivity index (χ0) is 14.2. The number of benzene rings is 1. The van der Waals surface area contributed by atoms with Crippen LogP contribution in [0.2, 0.25) is 0 Å². The Morgan fingerprint density at radius 3 is 3.05 bits per heavy atom. The van der Waals surface area contributed by atoms with E-state index in [2.05, 4.69) is 17.1 Å². The molecular weight excluding hydrogens is 254 g/mol. The molecule has 1 aliphatic carbocycles. The molecule has 1 unspecified atom stereocenters. The van der Waals surface area contributed by atoms with E-state index in [1.165, 1.54) is 5.56 Å². The molecule has 5 nitrogen and oxygen atoms in total. The van der Waals surface area contributed by atoms with Crippen LogP contribution >= 0.6 is 0 Å². The van der Waals surface area contributed by atoms with Gasteiger partial charge in [0.1, 0.15) is 11.4 Å². The van der Waals surface area contributed by atoms with Gasteiger partial charge in [-0.2, -0.15) is 4.99 Å². The van der Waals surface area contributed by atoms with Crippen molar-refractivity contribution in [3.8, 4) is 0 Å². The molecule has 2 amide bonds. The molecule has 0 aromatic heterocycles. The maximum atomic E-state index is 12.2. The predicted octanol–water partition coefficient (Wildman–Crippen LogP) is 1.66. The number of carbonyl (C=O) groups excluding carboxylic acids is 1. The van der Waals surface area contributed by atoms with Crippen molar-refractivity contribution >= 4 is 11.9 Å². The SMILES string of the molecule is COCCN1C(=O)N=C(N)C12CCCc1ccccc12. The van der Waals surface area contributed by atoms with Crippen LogP contribution in [0, 0.1) is 0 Å². The van der Waals surface area contributed by atoms with Crippen molar-refractivity contribution in [2.75, 3.05) is 20.3 Å². The molecule has 0 fully saturated rings. The number of ether oxygens (including phenoxy) is 1. The van der Waals surface area contributed by atoms with Gasteiger partial charge in [-0.3, -0.25) is 0 Å². The molecule has 1 aromatic carbocycles. The van der Waals surface area contributed by atoms with E-state index in [1.54, 1.807) is 12.0 Å². The van der Waals surface area contributed by atoms with Crippen LogP contribution < -0.4 is 5.73 Å². The molecule has 5 heteroatoms. The number of hydrogen-bond donors (Lipinski definition) is 1. The van der Waals surface area contributed by atoms with Gasteiger partial charge in [-0.05, 0) is 30.4 Å². The number of nitrogens with two attached hydrogens (primary N) is 1. The number of nitrogens with zero attached hydrogens (tertiary/aromatic N) is 2. The summed E-state index contributed by atoms with van der Waals surface area (Å²) < 4.78 is 5.12. The van der Waals surface area contributed by atoms with Crippen LogP contribution in [-0.4, -0.2) is 37.0 Å². The third-order valence-corrected chi connectivity index (χ3v) is 4.30. The fraction of sp³-hybridized carbons (Fsp3) is 0.467. The Balaban J connectivity index is 2.09. The molecule has 20 heavy (non-hydrogen) atoms. The van der Waals surface area contributed by atoms with E-state index in [9.17, 15) is 4.79 Å². The molecule has 0 saturated carbocycles. The third-order valence-electron chi connectivity index (χ3n) is 4.30. The first-order valence-corrected chi connectivity index (χ1v) is 6.93. The summed E-state index contributed by atoms with van der Waals surface area (Å²) in [5.74, 6) is 0.422. The average Bonchev–Trinajstić information content (AvgIpc) is 2.69. The van der Waals surface area contributed by atoms with Gasteiger partial charge >= 0.3 is 6.03 Å². The average molecular weight is 273 g/mol. The summed E-state index contributed by atoms with van der Waals surface area (Å²) in [5.41, 5.74) is 7.97. The zero-order valence-electron chi connectivity index (χ0n) is 11.6. The van der Waals surface area contributed by atoms with Crippen molar-refractivity contribution in [2.24, 2.45) is 10.7 Å². The minimum Gasteiger partial charge on any atom is -0.385 e. The van der Waals surface area contributed by atoms with E-state index in [0.29, 0.717) is 19.0 Å². The van der Waals surface area contributed by atoms with Crippen molar-refractivity contribution in [2.45, 2.75) is 24.8 Å². The maximum absolute atomic E-state index is 12.2. The summed E-state index contributed by atoms with van der Waals surface area (Å²) in [6, 6.07) is 7.95. The molecule has 0 radical (unpaired) electrons. The first kappa shape index (κ1) is 13.1. The predicted molar refractivity (Wildman–Crippen MR) is 76.7 cm³/mol. The van der Waals surface area contributed by atoms with Crippen LogP contribution in [0.1, 0.15) is 24.0 Å². The summed E-state index contributed by atoms with van der Waals surface area (Å²) in [6.07, 6.45) is 2.86. The molecule has 1 spiro atoms. The maximum Gasteiger partial charge on any atom is 0.346 e. The lowest BCUT2D eigenvalue weighted by Crippen LogP contribution is -2.54. The van der Waals surface area contributed by atoms with Crippen molar-refractivity contribution < 1.29 is 9.53 Å². The third kappa shape index (κ3) is 1.73. The van der Waals surface area contributed by atoms with Crippen LogP contribution in [0.25, 0.3) is 0 Å². The molecule has 3 rings (SSSR count). The van der Waals surface area contributed by atoms with Crippen molar-refractivity contribution in [3.63, 3.8) is 0 Å². The van der Waals surface area contributed by atoms with E-state index in [4.69, 9.17) is 10.5 Å². The first-order valence-electron chi connectivity index (χ1n) is 6.93. The highest BCUT2D eigenvalue weighted by molar-refractivity contribution is 6.06. The van der Waals surface area contributed by atoms with E-state index in [-0.39, 0.29) is 6.03 Å². The van der Waals surface area contributed by atoms with Gasteiger partial charge < -0.3 is 15.4 Å². The number of rotatable bonds is 3. The molecular formula is C15H19N3O2. The van der Waals surface area contributed by atoms with Gasteiger partial charge in [0.05, 0.1) is 6.61 Å². The Bertz CT molecular complexity index is 570. The van der Waals surface area contributed by atoms with E-state index >= 15 is 0 Å². The van der Waals surface area contributed by atoms with Gasteiger partial charge in [-0.1, -0.05) is 24.3 Å². The smallest absolute Gasteiger partial charge is 0.346 e. The molecule has 0 saturated heterocycles. The van der Waals surface area contributed by atoms with Gasteiger partial charge in [0.2, 0.25) is 0 Å². The van der Waals surface area contributed by atoms with Crippen LogP contribution in [-0.2, 0) is 16.7 Å². The van der Waals surface area contributed by atoms with E-state index in [0.717, 1.165) is 24.8 Å². The van der Waals surface area contributed by atoms with Crippen LogP contribution in [0.15, 0.2) is 29.3 Å². The van der Waals surface area contributed by atoms with E-state index in [1.807, 2.05) is 12.1 Å². The summed E-state index contributed by atoms with van der Waals surface area (Å²) in [6.45, 7) is 0.992. The molecule has 1 heterocycles. The van der Waals surface area contributed by atoms with E-state index < -0.39 is 5.54 Å². The fourth-order valence-electron chi connectivity index (χ4n) is 3.38. The number of fused-ring (bicyclic) bond motifs is 2. The number of methoxy groups -OCH3 is 1. The minimum absolute atomic E-state index is 0.253. The first-order chi connectivity index (χ1) is 9.70. The molecule has 2 N–H and O–H groups in total. The fourth-order valence-corrected chi connectivity index (χ4v) is 3.38. The van der Waals surface area contributed by atoms with Gasteiger partial charge in [-0.15, -0.1) is 0 Å². The van der Waals surface area contributed by atoms with Crippen molar-refractivity contribution in [3.05, 3.63) is 35.4 Å². The topological polar surface area (TPSA) is 67.9 Å². The molecule has 0 bridgehead atoms. The summed E-state index contributed by atoms with van der Waals surface area (Å²) in [7, 11) is 1.63. The van der Waals surface area contributed by atoms with Crippen molar-refractivity contribution in [1.82, 2.24) is 4.90 Å². The highest BCUT2D eigenvalue weighted by Gasteiger charge is 2.51. The Hall–Kier alpha value is -1.88. The Morgan fingerprint density at radius 1 is 1.45 bits per heavy atom.